The Hall–Kier alpha value is -3.54. The highest BCUT2D eigenvalue weighted by atomic mass is 19.1. The Labute approximate surface area is 200 Å². The predicted molar refractivity (Wildman–Crippen MR) is 129 cm³/mol. The summed E-state index contributed by atoms with van der Waals surface area (Å²) in [5.41, 5.74) is 5.11. The van der Waals surface area contributed by atoms with Crippen molar-refractivity contribution < 1.29 is 23.4 Å². The SMILES string of the molecule is COc1cc2c(cc1OC)[C@@H](COc1cc(C)cc(C)c1)N(C(=O)Cc1ccc(F)cc1)CC2. The summed E-state index contributed by atoms with van der Waals surface area (Å²) >= 11 is 0. The number of aryl methyl sites for hydroxylation is 2. The van der Waals surface area contributed by atoms with Crippen LogP contribution in [0.15, 0.2) is 54.6 Å². The maximum absolute atomic E-state index is 13.4. The average Bonchev–Trinajstić information content (AvgIpc) is 2.82. The van der Waals surface area contributed by atoms with Gasteiger partial charge in [-0.2, -0.15) is 0 Å². The quantitative estimate of drug-likeness (QED) is 0.483. The molecule has 1 aliphatic rings. The van der Waals surface area contributed by atoms with E-state index in [1.165, 1.54) is 12.1 Å². The van der Waals surface area contributed by atoms with Gasteiger partial charge in [0.2, 0.25) is 5.91 Å². The molecule has 1 heterocycles. The molecule has 34 heavy (non-hydrogen) atoms. The number of carbonyl (C=O) groups is 1. The molecule has 178 valence electrons. The normalized spacial score (nSPS) is 15.0. The third-order valence-corrected chi connectivity index (χ3v) is 6.19. The first-order chi connectivity index (χ1) is 16.4. The van der Waals surface area contributed by atoms with Gasteiger partial charge in [-0.25, -0.2) is 4.39 Å². The van der Waals surface area contributed by atoms with E-state index in [1.54, 1.807) is 26.4 Å². The molecular formula is C28H30FNO4. The zero-order valence-corrected chi connectivity index (χ0v) is 20.1. The molecule has 0 aromatic heterocycles. The number of carbonyl (C=O) groups excluding carboxylic acids is 1. The van der Waals surface area contributed by atoms with Crippen molar-refractivity contribution in [1.29, 1.82) is 0 Å². The molecule has 3 aromatic carbocycles. The highest BCUT2D eigenvalue weighted by Crippen LogP contribution is 2.38. The van der Waals surface area contributed by atoms with Crippen LogP contribution in [0.25, 0.3) is 0 Å². The van der Waals surface area contributed by atoms with Crippen LogP contribution in [0.4, 0.5) is 4.39 Å². The second-order valence-corrected chi connectivity index (χ2v) is 8.70. The molecule has 0 saturated carbocycles. The third-order valence-electron chi connectivity index (χ3n) is 6.19. The lowest BCUT2D eigenvalue weighted by atomic mass is 9.91. The molecule has 4 rings (SSSR count). The van der Waals surface area contributed by atoms with E-state index in [0.29, 0.717) is 31.1 Å². The minimum atomic E-state index is -0.316. The van der Waals surface area contributed by atoms with Crippen molar-refractivity contribution >= 4 is 5.91 Å². The zero-order valence-electron chi connectivity index (χ0n) is 20.1. The number of ether oxygens (including phenoxy) is 3. The number of fused-ring (bicyclic) bond motifs is 1. The molecule has 1 amide bonds. The van der Waals surface area contributed by atoms with Crippen molar-refractivity contribution in [2.24, 2.45) is 0 Å². The Morgan fingerprint density at radius 1 is 0.971 bits per heavy atom. The van der Waals surface area contributed by atoms with E-state index in [9.17, 15) is 9.18 Å². The summed E-state index contributed by atoms with van der Waals surface area (Å²) in [6.07, 6.45) is 0.897. The molecule has 0 saturated heterocycles. The smallest absolute Gasteiger partial charge is 0.227 e. The molecule has 1 aliphatic heterocycles. The highest BCUT2D eigenvalue weighted by Gasteiger charge is 2.33. The minimum absolute atomic E-state index is 0.0268. The first-order valence-corrected chi connectivity index (χ1v) is 11.4. The van der Waals surface area contributed by atoms with Crippen molar-refractivity contribution in [1.82, 2.24) is 4.90 Å². The Balaban J connectivity index is 1.65. The van der Waals surface area contributed by atoms with E-state index in [1.807, 2.05) is 43.0 Å². The van der Waals surface area contributed by atoms with Crippen LogP contribution in [0, 0.1) is 19.7 Å². The molecule has 0 unspecified atom stereocenters. The van der Waals surface area contributed by atoms with Gasteiger partial charge < -0.3 is 19.1 Å². The molecule has 0 N–H and O–H groups in total. The Morgan fingerprint density at radius 2 is 1.62 bits per heavy atom. The van der Waals surface area contributed by atoms with Gasteiger partial charge in [-0.05, 0) is 84.5 Å². The number of benzene rings is 3. The molecule has 6 heteroatoms. The number of hydrogen-bond donors (Lipinski definition) is 0. The highest BCUT2D eigenvalue weighted by molar-refractivity contribution is 5.80. The first-order valence-electron chi connectivity index (χ1n) is 11.4. The fraction of sp³-hybridized carbons (Fsp3) is 0.321. The fourth-order valence-electron chi connectivity index (χ4n) is 4.58. The van der Waals surface area contributed by atoms with Gasteiger partial charge in [0.1, 0.15) is 18.2 Å². The molecule has 0 bridgehead atoms. The van der Waals surface area contributed by atoms with E-state index in [-0.39, 0.29) is 24.2 Å². The van der Waals surface area contributed by atoms with E-state index in [0.717, 1.165) is 33.6 Å². The summed E-state index contributed by atoms with van der Waals surface area (Å²) in [6.45, 7) is 4.93. The van der Waals surface area contributed by atoms with Crippen LogP contribution >= 0.6 is 0 Å². The van der Waals surface area contributed by atoms with Gasteiger partial charge in [0.25, 0.3) is 0 Å². The number of halogens is 1. The van der Waals surface area contributed by atoms with Crippen molar-refractivity contribution in [3.63, 3.8) is 0 Å². The number of methoxy groups -OCH3 is 2. The average molecular weight is 464 g/mol. The Bertz CT molecular complexity index is 1160. The van der Waals surface area contributed by atoms with Gasteiger partial charge in [0, 0.05) is 6.54 Å². The lowest BCUT2D eigenvalue weighted by Crippen LogP contribution is -2.43. The fourth-order valence-corrected chi connectivity index (χ4v) is 4.58. The second kappa shape index (κ2) is 10.2. The van der Waals surface area contributed by atoms with Crippen LogP contribution in [0.1, 0.15) is 33.9 Å². The molecule has 0 fully saturated rings. The molecular weight excluding hydrogens is 433 g/mol. The molecule has 0 spiro atoms. The predicted octanol–water partition coefficient (Wildman–Crippen LogP) is 5.21. The van der Waals surface area contributed by atoms with Crippen LogP contribution in [-0.4, -0.2) is 38.2 Å². The summed E-state index contributed by atoms with van der Waals surface area (Å²) in [7, 11) is 3.22. The maximum Gasteiger partial charge on any atom is 0.227 e. The lowest BCUT2D eigenvalue weighted by Gasteiger charge is -2.38. The van der Waals surface area contributed by atoms with Gasteiger partial charge >= 0.3 is 0 Å². The van der Waals surface area contributed by atoms with Crippen molar-refractivity contribution in [3.8, 4) is 17.2 Å². The third kappa shape index (κ3) is 5.16. The van der Waals surface area contributed by atoms with Gasteiger partial charge in [0.15, 0.2) is 11.5 Å². The topological polar surface area (TPSA) is 48.0 Å². The number of rotatable bonds is 7. The number of amides is 1. The summed E-state index contributed by atoms with van der Waals surface area (Å²) in [5.74, 6) is 1.72. The van der Waals surface area contributed by atoms with Crippen LogP contribution in [0.2, 0.25) is 0 Å². The molecule has 3 aromatic rings. The zero-order chi connectivity index (χ0) is 24.2. The van der Waals surface area contributed by atoms with Crippen molar-refractivity contribution in [2.45, 2.75) is 32.7 Å². The molecule has 0 radical (unpaired) electrons. The summed E-state index contributed by atoms with van der Waals surface area (Å²) in [6, 6.07) is 15.8. The van der Waals surface area contributed by atoms with Crippen LogP contribution in [-0.2, 0) is 17.6 Å². The summed E-state index contributed by atoms with van der Waals surface area (Å²) in [4.78, 5) is 15.3. The van der Waals surface area contributed by atoms with Crippen LogP contribution in [0.3, 0.4) is 0 Å². The van der Waals surface area contributed by atoms with Gasteiger partial charge in [-0.1, -0.05) is 18.2 Å². The Morgan fingerprint density at radius 3 is 2.26 bits per heavy atom. The first kappa shape index (κ1) is 23.6. The largest absolute Gasteiger partial charge is 0.493 e. The van der Waals surface area contributed by atoms with Crippen LogP contribution in [0.5, 0.6) is 17.2 Å². The van der Waals surface area contributed by atoms with Gasteiger partial charge in [-0.3, -0.25) is 4.79 Å². The summed E-state index contributed by atoms with van der Waals surface area (Å²) in [5, 5.41) is 0. The number of nitrogens with zero attached hydrogens (tertiary/aromatic N) is 1. The Kier molecular flexibility index (Phi) is 7.06. The minimum Gasteiger partial charge on any atom is -0.493 e. The van der Waals surface area contributed by atoms with Crippen molar-refractivity contribution in [3.05, 3.63) is 88.2 Å². The summed E-state index contributed by atoms with van der Waals surface area (Å²) < 4.78 is 30.6. The van der Waals surface area contributed by atoms with Gasteiger partial charge in [-0.15, -0.1) is 0 Å². The molecule has 5 nitrogen and oxygen atoms in total. The lowest BCUT2D eigenvalue weighted by molar-refractivity contribution is -0.134. The monoisotopic (exact) mass is 463 g/mol. The maximum atomic E-state index is 13.4. The van der Waals surface area contributed by atoms with E-state index in [4.69, 9.17) is 14.2 Å². The van der Waals surface area contributed by atoms with E-state index < -0.39 is 0 Å². The standard InChI is InChI=1S/C28H30FNO4/c1-18-11-19(2)13-23(12-18)34-17-25-24-16-27(33-4)26(32-3)15-21(24)9-10-30(25)28(31)14-20-5-7-22(29)8-6-20/h5-8,11-13,15-16,25H,9-10,14,17H2,1-4H3/t25-/m1/s1. The van der Waals surface area contributed by atoms with Crippen LogP contribution < -0.4 is 14.2 Å². The van der Waals surface area contributed by atoms with Crippen molar-refractivity contribution in [2.75, 3.05) is 27.4 Å². The van der Waals surface area contributed by atoms with Gasteiger partial charge in [0.05, 0.1) is 26.7 Å². The molecule has 1 atom stereocenters. The van der Waals surface area contributed by atoms with E-state index in [2.05, 4.69) is 6.07 Å². The molecule has 0 aliphatic carbocycles. The number of hydrogen-bond acceptors (Lipinski definition) is 4. The van der Waals surface area contributed by atoms with E-state index >= 15 is 0 Å². The second-order valence-electron chi connectivity index (χ2n) is 8.70.